The number of rotatable bonds is 4. The zero-order valence-electron chi connectivity index (χ0n) is 12.7. The fourth-order valence-electron chi connectivity index (χ4n) is 2.57. The summed E-state index contributed by atoms with van der Waals surface area (Å²) in [6.45, 7) is 0.641. The molecule has 0 saturated heterocycles. The molecule has 24 heavy (non-hydrogen) atoms. The van der Waals surface area contributed by atoms with E-state index in [1.165, 1.54) is 6.33 Å². The van der Waals surface area contributed by atoms with Crippen LogP contribution in [0.1, 0.15) is 5.56 Å². The van der Waals surface area contributed by atoms with Crippen molar-refractivity contribution in [3.05, 3.63) is 78.0 Å². The van der Waals surface area contributed by atoms with Crippen LogP contribution in [0.4, 0.5) is 5.82 Å². The second-order valence-corrected chi connectivity index (χ2v) is 5.75. The zero-order valence-corrected chi connectivity index (χ0v) is 13.5. The molecule has 0 saturated carbocycles. The van der Waals surface area contributed by atoms with Gasteiger partial charge in [0.2, 0.25) is 0 Å². The van der Waals surface area contributed by atoms with Gasteiger partial charge in [-0.05, 0) is 29.8 Å². The summed E-state index contributed by atoms with van der Waals surface area (Å²) in [5.74, 6) is 0.636. The molecule has 2 aromatic heterocycles. The van der Waals surface area contributed by atoms with E-state index in [2.05, 4.69) is 55.2 Å². The minimum Gasteiger partial charge on any atom is -0.365 e. The third-order valence-electron chi connectivity index (χ3n) is 3.80. The van der Waals surface area contributed by atoms with E-state index in [-0.39, 0.29) is 0 Å². The van der Waals surface area contributed by atoms with Crippen molar-refractivity contribution in [2.24, 2.45) is 0 Å². The van der Waals surface area contributed by atoms with Gasteiger partial charge in [0.15, 0.2) is 0 Å². The molecule has 5 nitrogen and oxygen atoms in total. The second kappa shape index (κ2) is 6.29. The molecule has 4 aromatic rings. The summed E-state index contributed by atoms with van der Waals surface area (Å²) in [4.78, 5) is 12.4. The number of hydrogen-bond donors (Lipinski definition) is 1. The molecular weight excluding hydrogens is 322 g/mol. The molecule has 0 bridgehead atoms. The van der Waals surface area contributed by atoms with Crippen molar-refractivity contribution in [3.63, 3.8) is 0 Å². The first kappa shape index (κ1) is 14.7. The minimum absolute atomic E-state index is 0.513. The second-order valence-electron chi connectivity index (χ2n) is 5.34. The summed E-state index contributed by atoms with van der Waals surface area (Å²) in [5, 5.41) is 3.72. The maximum absolute atomic E-state index is 6.04. The van der Waals surface area contributed by atoms with Crippen molar-refractivity contribution in [1.82, 2.24) is 19.5 Å². The van der Waals surface area contributed by atoms with Gasteiger partial charge in [0.1, 0.15) is 23.5 Å². The van der Waals surface area contributed by atoms with Crippen molar-refractivity contribution in [1.29, 1.82) is 0 Å². The molecule has 0 aliphatic rings. The number of nitrogens with zero attached hydrogens (tertiary/aromatic N) is 4. The van der Waals surface area contributed by atoms with Crippen LogP contribution in [0, 0.1) is 0 Å². The summed E-state index contributed by atoms with van der Waals surface area (Å²) in [7, 11) is 0. The van der Waals surface area contributed by atoms with Crippen LogP contribution >= 0.6 is 11.6 Å². The number of nitrogens with one attached hydrogen (secondary N) is 1. The molecule has 6 heteroatoms. The average Bonchev–Trinajstić information content (AvgIpc) is 3.06. The number of benzene rings is 2. The van der Waals surface area contributed by atoms with E-state index < -0.39 is 0 Å². The topological polar surface area (TPSA) is 55.6 Å². The number of para-hydroxylation sites is 2. The van der Waals surface area contributed by atoms with Gasteiger partial charge in [-0.3, -0.25) is 4.57 Å². The van der Waals surface area contributed by atoms with Gasteiger partial charge < -0.3 is 5.32 Å². The first-order valence-corrected chi connectivity index (χ1v) is 7.90. The fraction of sp³-hybridized carbons (Fsp3) is 0.0556. The molecule has 0 aliphatic carbocycles. The van der Waals surface area contributed by atoms with Crippen LogP contribution in [0.5, 0.6) is 0 Å². The summed E-state index contributed by atoms with van der Waals surface area (Å²) in [6.07, 6.45) is 4.89. The van der Waals surface area contributed by atoms with E-state index in [1.807, 2.05) is 24.5 Å². The minimum atomic E-state index is 0.513. The highest BCUT2D eigenvalue weighted by Crippen LogP contribution is 2.20. The van der Waals surface area contributed by atoms with Gasteiger partial charge in [-0.25, -0.2) is 15.0 Å². The van der Waals surface area contributed by atoms with Gasteiger partial charge in [-0.1, -0.05) is 35.9 Å². The highest BCUT2D eigenvalue weighted by atomic mass is 35.5. The lowest BCUT2D eigenvalue weighted by molar-refractivity contribution is 1.06. The lowest BCUT2D eigenvalue weighted by atomic mass is 10.2. The Hall–Kier alpha value is -2.92. The fourth-order valence-corrected chi connectivity index (χ4v) is 2.74. The first-order chi connectivity index (χ1) is 11.8. The summed E-state index contributed by atoms with van der Waals surface area (Å²) < 4.78 is 2.08. The third-order valence-corrected chi connectivity index (χ3v) is 4.07. The Morgan fingerprint density at radius 1 is 1.00 bits per heavy atom. The number of imidazole rings is 1. The molecule has 0 spiro atoms. The molecule has 4 rings (SSSR count). The molecular formula is C18H14ClN5. The molecule has 0 amide bonds. The lowest BCUT2D eigenvalue weighted by Gasteiger charge is -2.08. The third kappa shape index (κ3) is 2.81. The number of halogens is 1. The van der Waals surface area contributed by atoms with Crippen molar-refractivity contribution in [2.75, 3.05) is 5.32 Å². The SMILES string of the molecule is Clc1cncnc1NCc1ccc(-n2cnc3ccccc32)cc1. The summed E-state index contributed by atoms with van der Waals surface area (Å²) in [5.41, 5.74) is 4.29. The van der Waals surface area contributed by atoms with E-state index in [4.69, 9.17) is 11.6 Å². The first-order valence-electron chi connectivity index (χ1n) is 7.52. The van der Waals surface area contributed by atoms with Crippen LogP contribution in [0.25, 0.3) is 16.7 Å². The van der Waals surface area contributed by atoms with E-state index in [9.17, 15) is 0 Å². The monoisotopic (exact) mass is 335 g/mol. The Labute approximate surface area is 144 Å². The molecule has 118 valence electrons. The number of aromatic nitrogens is 4. The smallest absolute Gasteiger partial charge is 0.148 e. The van der Waals surface area contributed by atoms with Crippen LogP contribution in [-0.2, 0) is 6.54 Å². The van der Waals surface area contributed by atoms with Gasteiger partial charge in [-0.15, -0.1) is 0 Å². The molecule has 0 atom stereocenters. The van der Waals surface area contributed by atoms with Gasteiger partial charge in [0.25, 0.3) is 0 Å². The molecule has 0 fully saturated rings. The largest absolute Gasteiger partial charge is 0.365 e. The van der Waals surface area contributed by atoms with Crippen LogP contribution in [0.2, 0.25) is 5.02 Å². The quantitative estimate of drug-likeness (QED) is 0.610. The predicted octanol–water partition coefficient (Wildman–Crippen LogP) is 4.08. The Morgan fingerprint density at radius 3 is 2.67 bits per heavy atom. The van der Waals surface area contributed by atoms with Gasteiger partial charge in [0, 0.05) is 12.2 Å². The maximum atomic E-state index is 6.04. The molecule has 1 N–H and O–H groups in total. The van der Waals surface area contributed by atoms with Crippen LogP contribution in [0.15, 0.2) is 67.4 Å². The van der Waals surface area contributed by atoms with Crippen molar-refractivity contribution in [3.8, 4) is 5.69 Å². The summed E-state index contributed by atoms with van der Waals surface area (Å²) >= 11 is 6.04. The normalized spacial score (nSPS) is 10.9. The van der Waals surface area contributed by atoms with Crippen LogP contribution < -0.4 is 5.32 Å². The van der Waals surface area contributed by atoms with E-state index >= 15 is 0 Å². The standard InChI is InChI=1S/C18H14ClN5/c19-15-10-20-11-22-18(15)21-9-13-5-7-14(8-6-13)24-12-23-16-3-1-2-4-17(16)24/h1-8,10-12H,9H2,(H,20,21,22). The van der Waals surface area contributed by atoms with Crippen molar-refractivity contribution < 1.29 is 0 Å². The molecule has 2 heterocycles. The number of hydrogen-bond acceptors (Lipinski definition) is 4. The molecule has 0 aliphatic heterocycles. The van der Waals surface area contributed by atoms with E-state index in [0.717, 1.165) is 22.3 Å². The number of fused-ring (bicyclic) bond motifs is 1. The Morgan fingerprint density at radius 2 is 1.83 bits per heavy atom. The van der Waals surface area contributed by atoms with Crippen molar-refractivity contribution >= 4 is 28.5 Å². The van der Waals surface area contributed by atoms with Crippen molar-refractivity contribution in [2.45, 2.75) is 6.54 Å². The Kier molecular flexibility index (Phi) is 3.84. The molecule has 2 aromatic carbocycles. The Balaban J connectivity index is 1.54. The van der Waals surface area contributed by atoms with E-state index in [0.29, 0.717) is 17.4 Å². The molecule has 0 radical (unpaired) electrons. The van der Waals surface area contributed by atoms with Gasteiger partial charge >= 0.3 is 0 Å². The lowest BCUT2D eigenvalue weighted by Crippen LogP contribution is -2.02. The Bertz CT molecular complexity index is 978. The highest BCUT2D eigenvalue weighted by molar-refractivity contribution is 6.32. The van der Waals surface area contributed by atoms with Crippen LogP contribution in [-0.4, -0.2) is 19.5 Å². The summed E-state index contributed by atoms with van der Waals surface area (Å²) in [6, 6.07) is 16.4. The average molecular weight is 336 g/mol. The number of anilines is 1. The highest BCUT2D eigenvalue weighted by Gasteiger charge is 2.04. The zero-order chi connectivity index (χ0) is 16.4. The predicted molar refractivity (Wildman–Crippen MR) is 95.4 cm³/mol. The van der Waals surface area contributed by atoms with E-state index in [1.54, 1.807) is 6.20 Å². The van der Waals surface area contributed by atoms with Gasteiger partial charge in [-0.2, -0.15) is 0 Å². The maximum Gasteiger partial charge on any atom is 0.148 e. The molecule has 0 unspecified atom stereocenters. The van der Waals surface area contributed by atoms with Gasteiger partial charge in [0.05, 0.1) is 17.2 Å². The van der Waals surface area contributed by atoms with Crippen LogP contribution in [0.3, 0.4) is 0 Å².